The summed E-state index contributed by atoms with van der Waals surface area (Å²) < 4.78 is 19.0. The van der Waals surface area contributed by atoms with Crippen molar-refractivity contribution in [3.8, 4) is 0 Å². The number of halogens is 2. The Balaban J connectivity index is 2.12. The molecule has 4 nitrogen and oxygen atoms in total. The molecule has 0 bridgehead atoms. The SMILES string of the molecule is COC(=O)C1CCCN1C(=O)/C=C/c1cc(Br)ccc1F. The van der Waals surface area contributed by atoms with E-state index in [1.54, 1.807) is 12.1 Å². The summed E-state index contributed by atoms with van der Waals surface area (Å²) in [6, 6.07) is 3.95. The minimum Gasteiger partial charge on any atom is -0.467 e. The van der Waals surface area contributed by atoms with E-state index in [-0.39, 0.29) is 5.91 Å². The maximum atomic E-state index is 13.6. The number of benzene rings is 1. The average molecular weight is 356 g/mol. The molecule has 21 heavy (non-hydrogen) atoms. The van der Waals surface area contributed by atoms with E-state index in [1.807, 2.05) is 0 Å². The first-order valence-electron chi connectivity index (χ1n) is 6.54. The predicted octanol–water partition coefficient (Wildman–Crippen LogP) is 2.77. The van der Waals surface area contributed by atoms with Crippen molar-refractivity contribution in [3.05, 3.63) is 40.1 Å². The zero-order valence-corrected chi connectivity index (χ0v) is 13.1. The van der Waals surface area contributed by atoms with Gasteiger partial charge in [0.1, 0.15) is 11.9 Å². The van der Waals surface area contributed by atoms with E-state index >= 15 is 0 Å². The Kier molecular flexibility index (Phi) is 5.12. The average Bonchev–Trinajstić information content (AvgIpc) is 2.96. The summed E-state index contributed by atoms with van der Waals surface area (Å²) >= 11 is 3.25. The van der Waals surface area contributed by atoms with Crippen LogP contribution in [-0.2, 0) is 14.3 Å². The third-order valence-electron chi connectivity index (χ3n) is 3.37. The summed E-state index contributed by atoms with van der Waals surface area (Å²) in [6.07, 6.45) is 4.04. The summed E-state index contributed by atoms with van der Waals surface area (Å²) in [5.74, 6) is -1.14. The number of esters is 1. The maximum Gasteiger partial charge on any atom is 0.328 e. The lowest BCUT2D eigenvalue weighted by molar-refractivity contribution is -0.149. The maximum absolute atomic E-state index is 13.6. The third-order valence-corrected chi connectivity index (χ3v) is 3.87. The van der Waals surface area contributed by atoms with Crippen molar-refractivity contribution in [3.63, 3.8) is 0 Å². The predicted molar refractivity (Wildman–Crippen MR) is 79.9 cm³/mol. The molecule has 1 aromatic rings. The topological polar surface area (TPSA) is 46.6 Å². The molecule has 0 aliphatic carbocycles. The number of carbonyl (C=O) groups excluding carboxylic acids is 2. The number of ether oxygens (including phenoxy) is 1. The van der Waals surface area contributed by atoms with Gasteiger partial charge in [-0.2, -0.15) is 0 Å². The second kappa shape index (κ2) is 6.85. The fourth-order valence-electron chi connectivity index (χ4n) is 2.31. The number of methoxy groups -OCH3 is 1. The van der Waals surface area contributed by atoms with Gasteiger partial charge in [-0.25, -0.2) is 9.18 Å². The van der Waals surface area contributed by atoms with Crippen molar-refractivity contribution in [2.24, 2.45) is 0 Å². The van der Waals surface area contributed by atoms with Gasteiger partial charge in [0.05, 0.1) is 7.11 Å². The van der Waals surface area contributed by atoms with Crippen LogP contribution >= 0.6 is 15.9 Å². The van der Waals surface area contributed by atoms with E-state index in [0.717, 1.165) is 10.9 Å². The van der Waals surface area contributed by atoms with Crippen LogP contribution in [-0.4, -0.2) is 36.5 Å². The van der Waals surface area contributed by atoms with E-state index in [0.29, 0.717) is 18.5 Å². The number of likely N-dealkylation sites (tertiary alicyclic amines) is 1. The van der Waals surface area contributed by atoms with Crippen molar-refractivity contribution in [2.45, 2.75) is 18.9 Å². The molecule has 1 aromatic carbocycles. The smallest absolute Gasteiger partial charge is 0.328 e. The summed E-state index contributed by atoms with van der Waals surface area (Å²) in [6.45, 7) is 0.504. The van der Waals surface area contributed by atoms with E-state index < -0.39 is 17.8 Å². The molecule has 1 aliphatic rings. The van der Waals surface area contributed by atoms with Crippen LogP contribution in [0, 0.1) is 5.82 Å². The van der Waals surface area contributed by atoms with Crippen LogP contribution in [0.1, 0.15) is 18.4 Å². The Bertz CT molecular complexity index is 588. The molecule has 1 fully saturated rings. The molecule has 0 saturated carbocycles. The molecule has 0 spiro atoms. The lowest BCUT2D eigenvalue weighted by Crippen LogP contribution is -2.40. The van der Waals surface area contributed by atoms with Gasteiger partial charge < -0.3 is 9.64 Å². The number of hydrogen-bond donors (Lipinski definition) is 0. The number of carbonyl (C=O) groups is 2. The van der Waals surface area contributed by atoms with Gasteiger partial charge in [0, 0.05) is 22.7 Å². The summed E-state index contributed by atoms with van der Waals surface area (Å²) in [5.41, 5.74) is 0.312. The highest BCUT2D eigenvalue weighted by atomic mass is 79.9. The van der Waals surface area contributed by atoms with Crippen LogP contribution < -0.4 is 0 Å². The van der Waals surface area contributed by atoms with Crippen LogP contribution in [0.4, 0.5) is 4.39 Å². The molecule has 1 amide bonds. The van der Waals surface area contributed by atoms with Gasteiger partial charge in [0.25, 0.3) is 0 Å². The Morgan fingerprint density at radius 2 is 2.24 bits per heavy atom. The molecule has 1 atom stereocenters. The van der Waals surface area contributed by atoms with Crippen molar-refractivity contribution in [1.82, 2.24) is 4.90 Å². The van der Waals surface area contributed by atoms with Crippen LogP contribution in [0.2, 0.25) is 0 Å². The standard InChI is InChI=1S/C15H15BrFNO3/c1-21-15(20)13-3-2-8-18(13)14(19)7-4-10-9-11(16)5-6-12(10)17/h4-7,9,13H,2-3,8H2,1H3/b7-4+. The molecule has 1 saturated heterocycles. The van der Waals surface area contributed by atoms with Crippen LogP contribution in [0.15, 0.2) is 28.7 Å². The number of amides is 1. The van der Waals surface area contributed by atoms with Crippen molar-refractivity contribution < 1.29 is 18.7 Å². The van der Waals surface area contributed by atoms with Crippen LogP contribution in [0.5, 0.6) is 0 Å². The highest BCUT2D eigenvalue weighted by molar-refractivity contribution is 9.10. The lowest BCUT2D eigenvalue weighted by Gasteiger charge is -2.20. The van der Waals surface area contributed by atoms with Crippen LogP contribution in [0.3, 0.4) is 0 Å². The minimum absolute atomic E-state index is 0.312. The Morgan fingerprint density at radius 3 is 2.95 bits per heavy atom. The lowest BCUT2D eigenvalue weighted by atomic mass is 10.2. The molecule has 0 aromatic heterocycles. The molecule has 0 radical (unpaired) electrons. The molecular weight excluding hydrogens is 341 g/mol. The largest absolute Gasteiger partial charge is 0.467 e. The second-order valence-electron chi connectivity index (χ2n) is 4.71. The molecule has 1 aliphatic heterocycles. The second-order valence-corrected chi connectivity index (χ2v) is 5.63. The minimum atomic E-state index is -0.542. The summed E-state index contributed by atoms with van der Waals surface area (Å²) in [5, 5.41) is 0. The number of rotatable bonds is 3. The van der Waals surface area contributed by atoms with E-state index in [2.05, 4.69) is 20.7 Å². The van der Waals surface area contributed by atoms with Gasteiger partial charge in [-0.1, -0.05) is 15.9 Å². The van der Waals surface area contributed by atoms with E-state index in [1.165, 1.54) is 30.2 Å². The monoisotopic (exact) mass is 355 g/mol. The summed E-state index contributed by atoms with van der Waals surface area (Å²) in [4.78, 5) is 25.2. The molecule has 1 unspecified atom stereocenters. The quantitative estimate of drug-likeness (QED) is 0.618. The van der Waals surface area contributed by atoms with E-state index in [4.69, 9.17) is 0 Å². The molecule has 1 heterocycles. The van der Waals surface area contributed by atoms with E-state index in [9.17, 15) is 14.0 Å². The zero-order chi connectivity index (χ0) is 15.4. The fraction of sp³-hybridized carbons (Fsp3) is 0.333. The number of nitrogens with zero attached hydrogens (tertiary/aromatic N) is 1. The molecule has 0 N–H and O–H groups in total. The highest BCUT2D eigenvalue weighted by Crippen LogP contribution is 2.20. The Morgan fingerprint density at radius 1 is 1.48 bits per heavy atom. The normalized spacial score (nSPS) is 18.2. The first-order valence-corrected chi connectivity index (χ1v) is 7.34. The molecule has 112 valence electrons. The zero-order valence-electron chi connectivity index (χ0n) is 11.5. The number of hydrogen-bond acceptors (Lipinski definition) is 3. The van der Waals surface area contributed by atoms with Crippen molar-refractivity contribution in [1.29, 1.82) is 0 Å². The molecule has 6 heteroatoms. The summed E-state index contributed by atoms with van der Waals surface area (Å²) in [7, 11) is 1.30. The van der Waals surface area contributed by atoms with Gasteiger partial charge in [-0.3, -0.25) is 4.79 Å². The van der Waals surface area contributed by atoms with Gasteiger partial charge in [0.15, 0.2) is 0 Å². The van der Waals surface area contributed by atoms with Crippen LogP contribution in [0.25, 0.3) is 6.08 Å². The van der Waals surface area contributed by atoms with Gasteiger partial charge in [-0.05, 0) is 37.1 Å². The van der Waals surface area contributed by atoms with Crippen molar-refractivity contribution in [2.75, 3.05) is 13.7 Å². The molecular formula is C15H15BrFNO3. The fourth-order valence-corrected chi connectivity index (χ4v) is 2.69. The van der Waals surface area contributed by atoms with Gasteiger partial charge in [-0.15, -0.1) is 0 Å². The van der Waals surface area contributed by atoms with Crippen molar-refractivity contribution >= 4 is 33.9 Å². The first kappa shape index (κ1) is 15.7. The Hall–Kier alpha value is -1.69. The Labute approximate surface area is 130 Å². The van der Waals surface area contributed by atoms with Gasteiger partial charge in [0.2, 0.25) is 5.91 Å². The first-order chi connectivity index (χ1) is 10.0. The third kappa shape index (κ3) is 3.69. The van der Waals surface area contributed by atoms with Gasteiger partial charge >= 0.3 is 5.97 Å². The molecule has 2 rings (SSSR count). The highest BCUT2D eigenvalue weighted by Gasteiger charge is 2.33.